The molecule has 158 valence electrons. The van der Waals surface area contributed by atoms with Crippen molar-refractivity contribution >= 4 is 0 Å². The van der Waals surface area contributed by atoms with Crippen LogP contribution in [0.3, 0.4) is 0 Å². The summed E-state index contributed by atoms with van der Waals surface area (Å²) in [6, 6.07) is 2.91. The van der Waals surface area contributed by atoms with Crippen LogP contribution in [0.2, 0.25) is 0 Å². The number of hydrogen-bond donors (Lipinski definition) is 1. The van der Waals surface area contributed by atoms with Gasteiger partial charge in [0.15, 0.2) is 11.6 Å². The highest BCUT2D eigenvalue weighted by atomic mass is 19.2. The van der Waals surface area contributed by atoms with Crippen molar-refractivity contribution in [2.45, 2.75) is 84.2 Å². The third kappa shape index (κ3) is 4.87. The molecule has 0 spiro atoms. The summed E-state index contributed by atoms with van der Waals surface area (Å²) < 4.78 is 33.7. The van der Waals surface area contributed by atoms with Gasteiger partial charge in [-0.15, -0.1) is 0 Å². The van der Waals surface area contributed by atoms with E-state index < -0.39 is 17.7 Å². The van der Waals surface area contributed by atoms with Crippen LogP contribution in [0.15, 0.2) is 12.1 Å². The monoisotopic (exact) mass is 394 g/mol. The van der Waals surface area contributed by atoms with E-state index in [2.05, 4.69) is 6.92 Å². The van der Waals surface area contributed by atoms with Gasteiger partial charge in [0.05, 0.1) is 12.7 Å². The summed E-state index contributed by atoms with van der Waals surface area (Å²) in [5.74, 6) is 0.472. The average Bonchev–Trinajstić information content (AvgIpc) is 2.72. The van der Waals surface area contributed by atoms with E-state index in [0.717, 1.165) is 43.4 Å². The fraction of sp³-hybridized carbons (Fsp3) is 0.750. The molecule has 0 bridgehead atoms. The van der Waals surface area contributed by atoms with Gasteiger partial charge in [-0.1, -0.05) is 32.6 Å². The molecular formula is C24H36F2O2. The van der Waals surface area contributed by atoms with E-state index in [1.165, 1.54) is 50.7 Å². The van der Waals surface area contributed by atoms with Crippen LogP contribution < -0.4 is 4.74 Å². The van der Waals surface area contributed by atoms with Gasteiger partial charge in [0.25, 0.3) is 0 Å². The first-order valence-electron chi connectivity index (χ1n) is 11.3. The van der Waals surface area contributed by atoms with Gasteiger partial charge in [-0.25, -0.2) is 4.39 Å². The van der Waals surface area contributed by atoms with Gasteiger partial charge in [0.1, 0.15) is 0 Å². The minimum absolute atomic E-state index is 0.0134. The Morgan fingerprint density at radius 3 is 2.11 bits per heavy atom. The maximum absolute atomic E-state index is 14.4. The van der Waals surface area contributed by atoms with Crippen LogP contribution in [0.1, 0.15) is 89.7 Å². The van der Waals surface area contributed by atoms with Gasteiger partial charge in [-0.3, -0.25) is 0 Å². The van der Waals surface area contributed by atoms with Gasteiger partial charge in [-0.05, 0) is 81.3 Å². The number of hydrogen-bond acceptors (Lipinski definition) is 2. The summed E-state index contributed by atoms with van der Waals surface area (Å²) in [5.41, 5.74) is 0.0736. The lowest BCUT2D eigenvalue weighted by atomic mass is 9.67. The van der Waals surface area contributed by atoms with Gasteiger partial charge in [0, 0.05) is 5.56 Å². The van der Waals surface area contributed by atoms with Crippen molar-refractivity contribution in [3.8, 4) is 5.75 Å². The Morgan fingerprint density at radius 1 is 0.929 bits per heavy atom. The number of rotatable bonds is 7. The minimum atomic E-state index is -0.990. The normalized spacial score (nSPS) is 29.5. The van der Waals surface area contributed by atoms with Crippen molar-refractivity contribution in [1.29, 1.82) is 0 Å². The molecule has 0 saturated heterocycles. The summed E-state index contributed by atoms with van der Waals surface area (Å²) in [6.07, 6.45) is 11.2. The number of ether oxygens (including phenoxy) is 1. The summed E-state index contributed by atoms with van der Waals surface area (Å²) >= 11 is 0. The van der Waals surface area contributed by atoms with Gasteiger partial charge in [-0.2, -0.15) is 4.39 Å². The second-order valence-electron chi connectivity index (χ2n) is 8.90. The first-order chi connectivity index (χ1) is 13.5. The lowest BCUT2D eigenvalue weighted by Crippen LogP contribution is -2.28. The van der Waals surface area contributed by atoms with E-state index in [1.807, 2.05) is 0 Å². The van der Waals surface area contributed by atoms with Crippen LogP contribution >= 0.6 is 0 Å². The predicted molar refractivity (Wildman–Crippen MR) is 108 cm³/mol. The molecule has 3 rings (SSSR count). The molecule has 1 aromatic carbocycles. The molecule has 2 nitrogen and oxygen atoms in total. The summed E-state index contributed by atoms with van der Waals surface area (Å²) in [4.78, 5) is 0. The SMILES string of the molecule is CCCC1CCC(C2CCC(C(O)c3ccc(OCC)c(F)c3F)CC2)CC1. The molecule has 2 fully saturated rings. The first-order valence-corrected chi connectivity index (χ1v) is 11.3. The molecule has 0 heterocycles. The maximum atomic E-state index is 14.4. The third-order valence-corrected chi connectivity index (χ3v) is 7.21. The molecule has 0 amide bonds. The molecule has 1 N–H and O–H groups in total. The van der Waals surface area contributed by atoms with Crippen LogP contribution in [-0.4, -0.2) is 11.7 Å². The number of aliphatic hydroxyl groups excluding tert-OH is 1. The predicted octanol–water partition coefficient (Wildman–Crippen LogP) is 6.81. The first kappa shape index (κ1) is 21.5. The molecule has 0 radical (unpaired) electrons. The Morgan fingerprint density at radius 2 is 1.54 bits per heavy atom. The van der Waals surface area contributed by atoms with Crippen LogP contribution in [0, 0.1) is 35.3 Å². The molecule has 2 saturated carbocycles. The van der Waals surface area contributed by atoms with Crippen LogP contribution in [0.5, 0.6) is 5.75 Å². The van der Waals surface area contributed by atoms with Crippen LogP contribution in [0.4, 0.5) is 8.78 Å². The lowest BCUT2D eigenvalue weighted by molar-refractivity contribution is 0.0535. The molecule has 0 aromatic heterocycles. The van der Waals surface area contributed by atoms with Crippen LogP contribution in [-0.2, 0) is 0 Å². The molecule has 1 aromatic rings. The van der Waals surface area contributed by atoms with Crippen molar-refractivity contribution in [3.63, 3.8) is 0 Å². The van der Waals surface area contributed by atoms with Crippen LogP contribution in [0.25, 0.3) is 0 Å². The number of halogens is 2. The molecule has 0 aliphatic heterocycles. The van der Waals surface area contributed by atoms with Crippen molar-refractivity contribution < 1.29 is 18.6 Å². The third-order valence-electron chi connectivity index (χ3n) is 7.21. The zero-order chi connectivity index (χ0) is 20.1. The Balaban J connectivity index is 1.54. The number of aliphatic hydroxyl groups is 1. The highest BCUT2D eigenvalue weighted by Crippen LogP contribution is 2.45. The Bertz CT molecular complexity index is 617. The summed E-state index contributed by atoms with van der Waals surface area (Å²) in [6.45, 7) is 4.29. The minimum Gasteiger partial charge on any atom is -0.491 e. The molecule has 4 heteroatoms. The maximum Gasteiger partial charge on any atom is 0.200 e. The van der Waals surface area contributed by atoms with Crippen molar-refractivity contribution in [2.75, 3.05) is 6.61 Å². The van der Waals surface area contributed by atoms with E-state index in [0.29, 0.717) is 0 Å². The standard InChI is InChI=1S/C24H36F2O2/c1-3-5-16-6-8-17(9-7-16)18-10-12-19(13-11-18)24(27)20-14-15-21(28-4-2)23(26)22(20)25/h14-19,24,27H,3-13H2,1-2H3. The topological polar surface area (TPSA) is 29.5 Å². The lowest BCUT2D eigenvalue weighted by Gasteiger charge is -2.39. The summed E-state index contributed by atoms with van der Waals surface area (Å²) in [5, 5.41) is 10.7. The van der Waals surface area contributed by atoms with Crippen molar-refractivity contribution in [1.82, 2.24) is 0 Å². The molecule has 2 aliphatic rings. The van der Waals surface area contributed by atoms with Crippen molar-refractivity contribution in [3.05, 3.63) is 29.3 Å². The van der Waals surface area contributed by atoms with Gasteiger partial charge in [0.2, 0.25) is 5.82 Å². The second-order valence-corrected chi connectivity index (χ2v) is 8.90. The molecule has 1 atom stereocenters. The fourth-order valence-corrected chi connectivity index (χ4v) is 5.58. The zero-order valence-corrected chi connectivity index (χ0v) is 17.4. The van der Waals surface area contributed by atoms with Gasteiger partial charge < -0.3 is 9.84 Å². The van der Waals surface area contributed by atoms with E-state index in [1.54, 1.807) is 6.92 Å². The molecule has 2 aliphatic carbocycles. The van der Waals surface area contributed by atoms with E-state index in [-0.39, 0.29) is 23.8 Å². The Kier molecular flexibility index (Phi) is 7.73. The average molecular weight is 395 g/mol. The second kappa shape index (κ2) is 10.0. The molecule has 1 unspecified atom stereocenters. The molecule has 28 heavy (non-hydrogen) atoms. The fourth-order valence-electron chi connectivity index (χ4n) is 5.58. The quantitative estimate of drug-likeness (QED) is 0.550. The van der Waals surface area contributed by atoms with Crippen molar-refractivity contribution in [2.24, 2.45) is 23.7 Å². The number of benzene rings is 1. The highest BCUT2D eigenvalue weighted by molar-refractivity contribution is 5.32. The summed E-state index contributed by atoms with van der Waals surface area (Å²) in [7, 11) is 0. The van der Waals surface area contributed by atoms with Gasteiger partial charge >= 0.3 is 0 Å². The smallest absolute Gasteiger partial charge is 0.200 e. The zero-order valence-electron chi connectivity index (χ0n) is 17.4. The Labute approximate surface area is 168 Å². The van der Waals surface area contributed by atoms with E-state index in [4.69, 9.17) is 4.74 Å². The molecular weight excluding hydrogens is 358 g/mol. The van der Waals surface area contributed by atoms with E-state index >= 15 is 0 Å². The highest BCUT2D eigenvalue weighted by Gasteiger charge is 2.34. The largest absolute Gasteiger partial charge is 0.491 e. The Hall–Kier alpha value is -1.16. The van der Waals surface area contributed by atoms with E-state index in [9.17, 15) is 13.9 Å².